The van der Waals surface area contributed by atoms with Crippen LogP contribution < -0.4 is 4.90 Å². The van der Waals surface area contributed by atoms with Gasteiger partial charge >= 0.3 is 0 Å². The van der Waals surface area contributed by atoms with Crippen molar-refractivity contribution < 1.29 is 4.42 Å². The number of nitrogens with zero attached hydrogens (tertiary/aromatic N) is 1. The number of fused-ring (bicyclic) bond motifs is 4. The molecule has 0 radical (unpaired) electrons. The van der Waals surface area contributed by atoms with E-state index in [0.29, 0.717) is 0 Å². The molecule has 0 aliphatic rings. The van der Waals surface area contributed by atoms with Gasteiger partial charge in [-0.3, -0.25) is 0 Å². The summed E-state index contributed by atoms with van der Waals surface area (Å²) in [6, 6.07) is 66.7. The van der Waals surface area contributed by atoms with Crippen molar-refractivity contribution in [1.29, 1.82) is 0 Å². The van der Waals surface area contributed by atoms with Crippen LogP contribution in [0.15, 0.2) is 192 Å². The Morgan fingerprint density at radius 2 is 0.812 bits per heavy atom. The average molecular weight is 614 g/mol. The summed E-state index contributed by atoms with van der Waals surface area (Å²) >= 11 is 0. The van der Waals surface area contributed by atoms with Gasteiger partial charge in [0.15, 0.2) is 0 Å². The van der Waals surface area contributed by atoms with Gasteiger partial charge in [-0.05, 0) is 69.4 Å². The molecule has 0 unspecified atom stereocenters. The van der Waals surface area contributed by atoms with Gasteiger partial charge in [0.25, 0.3) is 0 Å². The van der Waals surface area contributed by atoms with E-state index in [2.05, 4.69) is 193 Å². The molecule has 0 spiro atoms. The van der Waals surface area contributed by atoms with Gasteiger partial charge < -0.3 is 9.32 Å². The Labute approximate surface area is 279 Å². The predicted octanol–water partition coefficient (Wildman–Crippen LogP) is 13.2. The number of para-hydroxylation sites is 3. The highest BCUT2D eigenvalue weighted by atomic mass is 16.3. The van der Waals surface area contributed by atoms with E-state index in [4.69, 9.17) is 4.42 Å². The van der Waals surface area contributed by atoms with Crippen molar-refractivity contribution in [3.05, 3.63) is 188 Å². The topological polar surface area (TPSA) is 16.4 Å². The molecule has 0 N–H and O–H groups in total. The smallest absolute Gasteiger partial charge is 0.143 e. The summed E-state index contributed by atoms with van der Waals surface area (Å²) in [5.41, 5.74) is 12.0. The normalized spacial score (nSPS) is 11.3. The van der Waals surface area contributed by atoms with Crippen LogP contribution in [0.25, 0.3) is 66.1 Å². The molecule has 1 aromatic heterocycles. The van der Waals surface area contributed by atoms with Crippen LogP contribution in [0.3, 0.4) is 0 Å². The van der Waals surface area contributed by atoms with Gasteiger partial charge in [-0.15, -0.1) is 0 Å². The molecule has 0 bridgehead atoms. The fourth-order valence-corrected chi connectivity index (χ4v) is 6.99. The largest absolute Gasteiger partial charge is 0.455 e. The zero-order valence-electron chi connectivity index (χ0n) is 26.3. The van der Waals surface area contributed by atoms with Crippen molar-refractivity contribution in [2.45, 2.75) is 0 Å². The first kappa shape index (κ1) is 27.9. The number of furan rings is 1. The van der Waals surface area contributed by atoms with E-state index in [9.17, 15) is 0 Å². The lowest BCUT2D eigenvalue weighted by Crippen LogP contribution is -2.09. The van der Waals surface area contributed by atoms with Gasteiger partial charge in [0.2, 0.25) is 0 Å². The first-order valence-electron chi connectivity index (χ1n) is 16.4. The second-order valence-corrected chi connectivity index (χ2v) is 12.1. The Morgan fingerprint density at radius 1 is 0.312 bits per heavy atom. The molecule has 0 fully saturated rings. The molecular weight excluding hydrogens is 583 g/mol. The molecular formula is C46H31NO. The monoisotopic (exact) mass is 613 g/mol. The van der Waals surface area contributed by atoms with E-state index in [1.807, 2.05) is 0 Å². The molecule has 1 heterocycles. The third-order valence-corrected chi connectivity index (χ3v) is 9.27. The van der Waals surface area contributed by atoms with Crippen molar-refractivity contribution in [1.82, 2.24) is 0 Å². The highest BCUT2D eigenvalue weighted by molar-refractivity contribution is 6.14. The van der Waals surface area contributed by atoms with Crippen molar-refractivity contribution in [3.8, 4) is 33.4 Å². The third kappa shape index (κ3) is 4.83. The zero-order chi connectivity index (χ0) is 31.9. The van der Waals surface area contributed by atoms with Crippen LogP contribution in [0, 0.1) is 0 Å². The van der Waals surface area contributed by atoms with Crippen molar-refractivity contribution in [3.63, 3.8) is 0 Å². The Morgan fingerprint density at radius 3 is 1.60 bits per heavy atom. The highest BCUT2D eigenvalue weighted by Gasteiger charge is 2.18. The van der Waals surface area contributed by atoms with Crippen LogP contribution in [-0.4, -0.2) is 0 Å². The summed E-state index contributed by atoms with van der Waals surface area (Å²) in [5, 5.41) is 4.68. The first-order chi connectivity index (χ1) is 23.8. The van der Waals surface area contributed by atoms with Gasteiger partial charge in [0.05, 0.1) is 0 Å². The maximum absolute atomic E-state index is 6.88. The Kier molecular flexibility index (Phi) is 6.84. The summed E-state index contributed by atoms with van der Waals surface area (Å²) in [7, 11) is 0. The third-order valence-electron chi connectivity index (χ3n) is 9.27. The molecule has 48 heavy (non-hydrogen) atoms. The Bertz CT molecular complexity index is 2540. The second kappa shape index (κ2) is 11.8. The first-order valence-corrected chi connectivity index (χ1v) is 16.4. The van der Waals surface area contributed by atoms with E-state index in [1.54, 1.807) is 0 Å². The fraction of sp³-hybridized carbons (Fsp3) is 0. The standard InChI is InChI=1S/C46H31NO/c1-3-13-32(14-4-1)33-27-29-37(30-28-33)47(36-18-5-2-6-19-36)38-20-9-17-35(31-38)40-22-11-25-43-44-26-12-24-42(46(44)48-45(40)43)41-23-10-16-34-15-7-8-21-39(34)41/h1-31H. The van der Waals surface area contributed by atoms with Crippen LogP contribution in [-0.2, 0) is 0 Å². The molecule has 0 atom stereocenters. The van der Waals surface area contributed by atoms with E-state index in [1.165, 1.54) is 27.5 Å². The van der Waals surface area contributed by atoms with Crippen LogP contribution in [0.4, 0.5) is 17.1 Å². The lowest BCUT2D eigenvalue weighted by molar-refractivity contribution is 0.671. The Hall–Kier alpha value is -6.38. The number of benzene rings is 8. The summed E-state index contributed by atoms with van der Waals surface area (Å²) < 4.78 is 6.88. The number of anilines is 3. The highest BCUT2D eigenvalue weighted by Crippen LogP contribution is 2.43. The Balaban J connectivity index is 1.17. The molecule has 0 saturated heterocycles. The van der Waals surface area contributed by atoms with Crippen molar-refractivity contribution in [2.75, 3.05) is 4.90 Å². The summed E-state index contributed by atoms with van der Waals surface area (Å²) in [6.07, 6.45) is 0. The maximum atomic E-state index is 6.88. The van der Waals surface area contributed by atoms with Crippen LogP contribution in [0.1, 0.15) is 0 Å². The van der Waals surface area contributed by atoms with Crippen LogP contribution >= 0.6 is 0 Å². The molecule has 0 saturated carbocycles. The predicted molar refractivity (Wildman–Crippen MR) is 202 cm³/mol. The minimum absolute atomic E-state index is 0.899. The molecule has 2 heteroatoms. The zero-order valence-corrected chi connectivity index (χ0v) is 26.3. The van der Waals surface area contributed by atoms with E-state index < -0.39 is 0 Å². The van der Waals surface area contributed by atoms with Crippen molar-refractivity contribution >= 4 is 49.8 Å². The minimum Gasteiger partial charge on any atom is -0.455 e. The number of rotatable bonds is 6. The molecule has 0 aliphatic carbocycles. The molecule has 0 aliphatic heterocycles. The average Bonchev–Trinajstić information content (AvgIpc) is 3.55. The van der Waals surface area contributed by atoms with E-state index >= 15 is 0 Å². The van der Waals surface area contributed by atoms with Crippen LogP contribution in [0.5, 0.6) is 0 Å². The van der Waals surface area contributed by atoms with E-state index in [-0.39, 0.29) is 0 Å². The number of hydrogen-bond donors (Lipinski definition) is 0. The minimum atomic E-state index is 0.899. The summed E-state index contributed by atoms with van der Waals surface area (Å²) in [5.74, 6) is 0. The molecule has 9 rings (SSSR count). The quantitative estimate of drug-likeness (QED) is 0.185. The second-order valence-electron chi connectivity index (χ2n) is 12.1. The maximum Gasteiger partial charge on any atom is 0.143 e. The lowest BCUT2D eigenvalue weighted by atomic mass is 9.96. The summed E-state index contributed by atoms with van der Waals surface area (Å²) in [6.45, 7) is 0. The van der Waals surface area contributed by atoms with Crippen LogP contribution in [0.2, 0.25) is 0 Å². The molecule has 0 amide bonds. The molecule has 226 valence electrons. The summed E-state index contributed by atoms with van der Waals surface area (Å²) in [4.78, 5) is 2.32. The lowest BCUT2D eigenvalue weighted by Gasteiger charge is -2.26. The van der Waals surface area contributed by atoms with Gasteiger partial charge in [-0.2, -0.15) is 0 Å². The SMILES string of the molecule is c1ccc(-c2ccc(N(c3ccccc3)c3cccc(-c4cccc5c4oc4c(-c6cccc7ccccc67)cccc45)c3)cc2)cc1. The van der Waals surface area contributed by atoms with E-state index in [0.717, 1.165) is 55.7 Å². The van der Waals surface area contributed by atoms with Crippen molar-refractivity contribution in [2.24, 2.45) is 0 Å². The fourth-order valence-electron chi connectivity index (χ4n) is 6.99. The molecule has 9 aromatic rings. The van der Waals surface area contributed by atoms with Gasteiger partial charge in [-0.25, -0.2) is 0 Å². The van der Waals surface area contributed by atoms with Gasteiger partial charge in [0, 0.05) is 39.0 Å². The number of hydrogen-bond acceptors (Lipinski definition) is 2. The molecule has 2 nitrogen and oxygen atoms in total. The van der Waals surface area contributed by atoms with Gasteiger partial charge in [-0.1, -0.05) is 152 Å². The molecule has 8 aromatic carbocycles. The van der Waals surface area contributed by atoms with Gasteiger partial charge in [0.1, 0.15) is 11.2 Å².